The monoisotopic (exact) mass is 349 g/mol. The van der Waals surface area contributed by atoms with Crippen molar-refractivity contribution >= 4 is 17.9 Å². The van der Waals surface area contributed by atoms with Crippen LogP contribution in [-0.2, 0) is 9.53 Å². The Labute approximate surface area is 134 Å². The lowest BCUT2D eigenvalue weighted by molar-refractivity contribution is -0.137. The van der Waals surface area contributed by atoms with Crippen molar-refractivity contribution in [1.82, 2.24) is 0 Å². The minimum atomic E-state index is -2.14. The average Bonchev–Trinajstić information content (AvgIpc) is 2.56. The first-order valence-corrected chi connectivity index (χ1v) is 6.82. The maximum atomic E-state index is 13.8. The van der Waals surface area contributed by atoms with Crippen LogP contribution in [0.5, 0.6) is 0 Å². The number of halogens is 4. The molecule has 0 bridgehead atoms. The highest BCUT2D eigenvalue weighted by Gasteiger charge is 2.25. The van der Waals surface area contributed by atoms with Crippen LogP contribution in [0.3, 0.4) is 0 Å². The molecule has 1 unspecified atom stereocenters. The van der Waals surface area contributed by atoms with Gasteiger partial charge < -0.3 is 14.9 Å². The predicted octanol–water partition coefficient (Wildman–Crippen LogP) is 2.53. The number of aliphatic imine (C=N–C) groups is 1. The van der Waals surface area contributed by atoms with Crippen molar-refractivity contribution in [1.29, 1.82) is 0 Å². The van der Waals surface area contributed by atoms with Crippen LogP contribution in [-0.4, -0.2) is 41.7 Å². The van der Waals surface area contributed by atoms with Crippen molar-refractivity contribution in [2.24, 2.45) is 4.99 Å². The molecule has 2 N–H and O–H groups in total. The number of hydrogen-bond acceptors (Lipinski definition) is 5. The van der Waals surface area contributed by atoms with Crippen LogP contribution in [0.4, 0.5) is 17.6 Å². The minimum Gasteiger partial charge on any atom is -0.506 e. The standard InChI is InChI=1S/C15H15F4NO4/c1-3-24-15(23)9(5-20-7(2)6-21)14(22)8-4-10(16)12(18)13(19)11(8)17/h4-5,7,21-22H,3,6H2,1-2H3/b14-9-,20-5?. The Kier molecular flexibility index (Phi) is 6.90. The third kappa shape index (κ3) is 4.31. The van der Waals surface area contributed by atoms with E-state index in [1.807, 2.05) is 0 Å². The molecule has 0 aliphatic rings. The summed E-state index contributed by atoms with van der Waals surface area (Å²) in [6, 6.07) is -0.472. The molecule has 1 rings (SSSR count). The van der Waals surface area contributed by atoms with Crippen LogP contribution < -0.4 is 0 Å². The molecule has 132 valence electrons. The quantitative estimate of drug-likeness (QED) is 0.157. The highest BCUT2D eigenvalue weighted by atomic mass is 19.2. The Morgan fingerprint density at radius 3 is 2.46 bits per heavy atom. The number of ether oxygens (including phenoxy) is 1. The van der Waals surface area contributed by atoms with Crippen LogP contribution in [0.15, 0.2) is 16.6 Å². The lowest BCUT2D eigenvalue weighted by atomic mass is 10.1. The van der Waals surface area contributed by atoms with Gasteiger partial charge in [0.05, 0.1) is 24.8 Å². The molecule has 9 heteroatoms. The molecule has 0 fully saturated rings. The Bertz CT molecular complexity index is 689. The van der Waals surface area contributed by atoms with Crippen molar-refractivity contribution in [3.8, 4) is 0 Å². The molecule has 24 heavy (non-hydrogen) atoms. The summed E-state index contributed by atoms with van der Waals surface area (Å²) in [6.07, 6.45) is 0.771. The molecule has 0 saturated heterocycles. The lowest BCUT2D eigenvalue weighted by Gasteiger charge is -2.09. The second kappa shape index (κ2) is 8.44. The van der Waals surface area contributed by atoms with E-state index >= 15 is 0 Å². The number of aliphatic hydroxyl groups is 2. The number of aliphatic hydroxyl groups excluding tert-OH is 2. The fraction of sp³-hybridized carbons (Fsp3) is 0.333. The van der Waals surface area contributed by atoms with Crippen LogP contribution in [0.25, 0.3) is 5.76 Å². The van der Waals surface area contributed by atoms with Crippen LogP contribution in [0, 0.1) is 23.3 Å². The predicted molar refractivity (Wildman–Crippen MR) is 77.5 cm³/mol. The summed E-state index contributed by atoms with van der Waals surface area (Å²) in [5.74, 6) is -10.1. The Hall–Kier alpha value is -2.42. The van der Waals surface area contributed by atoms with Gasteiger partial charge >= 0.3 is 5.97 Å². The van der Waals surface area contributed by atoms with Crippen molar-refractivity contribution in [3.05, 3.63) is 40.5 Å². The molecular weight excluding hydrogens is 334 g/mol. The molecular formula is C15H15F4NO4. The molecule has 1 aromatic rings. The Morgan fingerprint density at radius 1 is 1.29 bits per heavy atom. The van der Waals surface area contributed by atoms with Crippen molar-refractivity contribution in [3.63, 3.8) is 0 Å². The van der Waals surface area contributed by atoms with E-state index in [1.165, 1.54) is 13.8 Å². The number of nitrogens with zero attached hydrogens (tertiary/aromatic N) is 1. The topological polar surface area (TPSA) is 79.1 Å². The van der Waals surface area contributed by atoms with E-state index in [4.69, 9.17) is 5.11 Å². The maximum absolute atomic E-state index is 13.8. The first-order valence-electron chi connectivity index (χ1n) is 6.82. The molecule has 0 heterocycles. The summed E-state index contributed by atoms with van der Waals surface area (Å²) in [5, 5.41) is 18.9. The number of hydrogen-bond donors (Lipinski definition) is 2. The summed E-state index contributed by atoms with van der Waals surface area (Å²) >= 11 is 0. The first kappa shape index (κ1) is 19.6. The van der Waals surface area contributed by atoms with Crippen LogP contribution in [0.2, 0.25) is 0 Å². The highest BCUT2D eigenvalue weighted by Crippen LogP contribution is 2.25. The number of benzene rings is 1. The summed E-state index contributed by atoms with van der Waals surface area (Å²) in [7, 11) is 0. The summed E-state index contributed by atoms with van der Waals surface area (Å²) < 4.78 is 57.9. The van der Waals surface area contributed by atoms with Crippen molar-refractivity contribution in [2.75, 3.05) is 13.2 Å². The zero-order valence-corrected chi connectivity index (χ0v) is 12.8. The largest absolute Gasteiger partial charge is 0.506 e. The molecule has 0 radical (unpaired) electrons. The zero-order chi connectivity index (χ0) is 18.4. The minimum absolute atomic E-state index is 0.104. The molecule has 0 saturated carbocycles. The molecule has 0 aliphatic carbocycles. The van der Waals surface area contributed by atoms with E-state index in [0.717, 1.165) is 6.21 Å². The SMILES string of the molecule is CCOC(=O)/C(C=NC(C)CO)=C(\O)c1cc(F)c(F)c(F)c1F. The Morgan fingerprint density at radius 2 is 1.92 bits per heavy atom. The second-order valence-corrected chi connectivity index (χ2v) is 4.64. The molecule has 0 spiro atoms. The van der Waals surface area contributed by atoms with Gasteiger partial charge in [0.1, 0.15) is 11.3 Å². The van der Waals surface area contributed by atoms with E-state index in [0.29, 0.717) is 0 Å². The van der Waals surface area contributed by atoms with Gasteiger partial charge in [0, 0.05) is 6.21 Å². The number of esters is 1. The second-order valence-electron chi connectivity index (χ2n) is 4.64. The van der Waals surface area contributed by atoms with E-state index in [9.17, 15) is 27.5 Å². The van der Waals surface area contributed by atoms with Gasteiger partial charge in [0.2, 0.25) is 0 Å². The highest BCUT2D eigenvalue weighted by molar-refractivity contribution is 6.15. The van der Waals surface area contributed by atoms with Gasteiger partial charge in [0.15, 0.2) is 23.3 Å². The van der Waals surface area contributed by atoms with E-state index in [2.05, 4.69) is 9.73 Å². The summed E-state index contributed by atoms with van der Waals surface area (Å²) in [5.41, 5.74) is -1.78. The van der Waals surface area contributed by atoms with Gasteiger partial charge in [-0.05, 0) is 19.9 Å². The lowest BCUT2D eigenvalue weighted by Crippen LogP contribution is -2.14. The van der Waals surface area contributed by atoms with Gasteiger partial charge in [-0.1, -0.05) is 0 Å². The summed E-state index contributed by atoms with van der Waals surface area (Å²) in [4.78, 5) is 15.5. The fourth-order valence-corrected chi connectivity index (χ4v) is 1.56. The van der Waals surface area contributed by atoms with E-state index in [1.54, 1.807) is 0 Å². The van der Waals surface area contributed by atoms with Gasteiger partial charge in [0.25, 0.3) is 0 Å². The third-order valence-electron chi connectivity index (χ3n) is 2.83. The molecule has 5 nitrogen and oxygen atoms in total. The van der Waals surface area contributed by atoms with E-state index in [-0.39, 0.29) is 19.3 Å². The van der Waals surface area contributed by atoms with Crippen LogP contribution in [0.1, 0.15) is 19.4 Å². The number of rotatable bonds is 6. The molecule has 0 amide bonds. The fourth-order valence-electron chi connectivity index (χ4n) is 1.56. The molecule has 1 atom stereocenters. The van der Waals surface area contributed by atoms with Gasteiger partial charge in [-0.2, -0.15) is 0 Å². The number of carbonyl (C=O) groups excluding carboxylic acids is 1. The summed E-state index contributed by atoms with van der Waals surface area (Å²) in [6.45, 7) is 2.43. The normalized spacial score (nSPS) is 13.8. The molecule has 1 aromatic carbocycles. The smallest absolute Gasteiger partial charge is 0.343 e. The zero-order valence-electron chi connectivity index (χ0n) is 12.8. The van der Waals surface area contributed by atoms with Crippen molar-refractivity contribution < 1.29 is 37.3 Å². The first-order chi connectivity index (χ1) is 11.2. The van der Waals surface area contributed by atoms with Crippen molar-refractivity contribution in [2.45, 2.75) is 19.9 Å². The number of carbonyl (C=O) groups is 1. The third-order valence-corrected chi connectivity index (χ3v) is 2.83. The molecule has 0 aromatic heterocycles. The van der Waals surface area contributed by atoms with Gasteiger partial charge in [-0.3, -0.25) is 4.99 Å². The van der Waals surface area contributed by atoms with Crippen LogP contribution >= 0.6 is 0 Å². The van der Waals surface area contributed by atoms with E-state index < -0.39 is 52.2 Å². The average molecular weight is 349 g/mol. The van der Waals surface area contributed by atoms with Gasteiger partial charge in [-0.25, -0.2) is 22.4 Å². The van der Waals surface area contributed by atoms with Gasteiger partial charge in [-0.15, -0.1) is 0 Å². The molecule has 0 aliphatic heterocycles. The maximum Gasteiger partial charge on any atom is 0.343 e. The Balaban J connectivity index is 3.53.